The average molecular weight is 256 g/mol. The molecule has 1 aliphatic rings. The molecule has 1 aliphatic heterocycles. The van der Waals surface area contributed by atoms with Gasteiger partial charge >= 0.3 is 0 Å². The number of nitrogens with two attached hydrogens (primary N) is 1. The van der Waals surface area contributed by atoms with Gasteiger partial charge in [0.15, 0.2) is 0 Å². The van der Waals surface area contributed by atoms with Crippen molar-refractivity contribution in [1.82, 2.24) is 4.90 Å². The smallest absolute Gasteiger partial charge is 0.0644 e. The lowest BCUT2D eigenvalue weighted by Crippen LogP contribution is -2.61. The van der Waals surface area contributed by atoms with Gasteiger partial charge < -0.3 is 10.5 Å². The highest BCUT2D eigenvalue weighted by molar-refractivity contribution is 4.99. The standard InChI is InChI=1S/C15H32N2O/c1-12(2)9-13(3)17(6)15(11-16)7-8-18-14(4,5)10-15/h12-13H,7-11,16H2,1-6H3. The summed E-state index contributed by atoms with van der Waals surface area (Å²) in [5.74, 6) is 0.727. The molecule has 0 bridgehead atoms. The highest BCUT2D eigenvalue weighted by Gasteiger charge is 2.43. The van der Waals surface area contributed by atoms with Gasteiger partial charge in [-0.05, 0) is 53.0 Å². The molecule has 0 aromatic carbocycles. The van der Waals surface area contributed by atoms with Crippen molar-refractivity contribution >= 4 is 0 Å². The van der Waals surface area contributed by atoms with Gasteiger partial charge in [-0.3, -0.25) is 4.90 Å². The maximum atomic E-state index is 6.13. The van der Waals surface area contributed by atoms with E-state index in [2.05, 4.69) is 46.6 Å². The first kappa shape index (κ1) is 15.9. The van der Waals surface area contributed by atoms with E-state index in [1.165, 1.54) is 6.42 Å². The minimum absolute atomic E-state index is 0.0522. The van der Waals surface area contributed by atoms with Crippen molar-refractivity contribution in [1.29, 1.82) is 0 Å². The van der Waals surface area contributed by atoms with E-state index >= 15 is 0 Å². The normalized spacial score (nSPS) is 29.8. The molecule has 0 aliphatic carbocycles. The van der Waals surface area contributed by atoms with E-state index in [-0.39, 0.29) is 11.1 Å². The van der Waals surface area contributed by atoms with Gasteiger partial charge in [0.1, 0.15) is 0 Å². The summed E-state index contributed by atoms with van der Waals surface area (Å²) in [6.07, 6.45) is 3.29. The van der Waals surface area contributed by atoms with Crippen LogP contribution in [0.25, 0.3) is 0 Å². The second-order valence-corrected chi connectivity index (χ2v) is 7.05. The Hall–Kier alpha value is -0.120. The third-order valence-corrected chi connectivity index (χ3v) is 4.42. The van der Waals surface area contributed by atoms with Gasteiger partial charge in [-0.1, -0.05) is 13.8 Å². The lowest BCUT2D eigenvalue weighted by Gasteiger charge is -2.51. The van der Waals surface area contributed by atoms with Crippen LogP contribution in [0, 0.1) is 5.92 Å². The molecule has 0 aromatic rings. The SMILES string of the molecule is CC(C)CC(C)N(C)C1(CN)CCOC(C)(C)C1. The van der Waals surface area contributed by atoms with Crippen molar-refractivity contribution in [2.24, 2.45) is 11.7 Å². The van der Waals surface area contributed by atoms with E-state index in [0.717, 1.165) is 31.9 Å². The van der Waals surface area contributed by atoms with Crippen LogP contribution in [0.1, 0.15) is 53.9 Å². The molecule has 1 fully saturated rings. The number of rotatable bonds is 5. The van der Waals surface area contributed by atoms with Crippen molar-refractivity contribution in [2.45, 2.75) is 71.1 Å². The molecule has 0 radical (unpaired) electrons. The van der Waals surface area contributed by atoms with Crippen molar-refractivity contribution in [3.05, 3.63) is 0 Å². The lowest BCUT2D eigenvalue weighted by atomic mass is 9.79. The van der Waals surface area contributed by atoms with Crippen molar-refractivity contribution in [3.8, 4) is 0 Å². The third-order valence-electron chi connectivity index (χ3n) is 4.42. The van der Waals surface area contributed by atoms with Crippen LogP contribution in [-0.2, 0) is 4.74 Å². The van der Waals surface area contributed by atoms with Crippen LogP contribution >= 0.6 is 0 Å². The molecule has 1 saturated heterocycles. The Labute approximate surface area is 113 Å². The maximum Gasteiger partial charge on any atom is 0.0644 e. The molecule has 2 N–H and O–H groups in total. The fourth-order valence-electron chi connectivity index (χ4n) is 3.38. The Morgan fingerprint density at radius 3 is 2.33 bits per heavy atom. The summed E-state index contributed by atoms with van der Waals surface area (Å²) in [5, 5.41) is 0. The zero-order valence-electron chi connectivity index (χ0n) is 13.1. The Morgan fingerprint density at radius 2 is 1.89 bits per heavy atom. The molecule has 1 rings (SSSR count). The summed E-state index contributed by atoms with van der Waals surface area (Å²) in [7, 11) is 2.24. The molecule has 3 heteroatoms. The zero-order valence-corrected chi connectivity index (χ0v) is 13.1. The first-order valence-corrected chi connectivity index (χ1v) is 7.29. The molecule has 108 valence electrons. The monoisotopic (exact) mass is 256 g/mol. The van der Waals surface area contributed by atoms with Crippen LogP contribution in [0.4, 0.5) is 0 Å². The minimum atomic E-state index is -0.0522. The molecule has 0 aromatic heterocycles. The Balaban J connectivity index is 2.80. The number of hydrogen-bond acceptors (Lipinski definition) is 3. The lowest BCUT2D eigenvalue weighted by molar-refractivity contribution is -0.120. The fraction of sp³-hybridized carbons (Fsp3) is 1.00. The summed E-state index contributed by atoms with van der Waals surface area (Å²) in [4.78, 5) is 2.51. The summed E-state index contributed by atoms with van der Waals surface area (Å²) in [6, 6.07) is 0.572. The number of nitrogens with zero attached hydrogens (tertiary/aromatic N) is 1. The summed E-state index contributed by atoms with van der Waals surface area (Å²) in [5.41, 5.74) is 6.19. The largest absolute Gasteiger partial charge is 0.375 e. The highest BCUT2D eigenvalue weighted by Crippen LogP contribution is 2.36. The molecule has 0 amide bonds. The van der Waals surface area contributed by atoms with Gasteiger partial charge in [0.05, 0.1) is 5.60 Å². The second-order valence-electron chi connectivity index (χ2n) is 7.05. The van der Waals surface area contributed by atoms with E-state index in [1.54, 1.807) is 0 Å². The van der Waals surface area contributed by atoms with Crippen molar-refractivity contribution < 1.29 is 4.74 Å². The quantitative estimate of drug-likeness (QED) is 0.822. The summed E-state index contributed by atoms with van der Waals surface area (Å²) < 4.78 is 5.85. The van der Waals surface area contributed by atoms with Crippen molar-refractivity contribution in [2.75, 3.05) is 20.2 Å². The van der Waals surface area contributed by atoms with Crippen LogP contribution in [0.15, 0.2) is 0 Å². The first-order valence-electron chi connectivity index (χ1n) is 7.29. The Morgan fingerprint density at radius 1 is 1.28 bits per heavy atom. The summed E-state index contributed by atoms with van der Waals surface area (Å²) in [6.45, 7) is 12.8. The van der Waals surface area contributed by atoms with E-state index in [9.17, 15) is 0 Å². The molecule has 0 saturated carbocycles. The number of ether oxygens (including phenoxy) is 1. The van der Waals surface area contributed by atoms with Crippen LogP contribution in [0.2, 0.25) is 0 Å². The molecule has 18 heavy (non-hydrogen) atoms. The van der Waals surface area contributed by atoms with Gasteiger partial charge in [-0.25, -0.2) is 0 Å². The fourth-order valence-corrected chi connectivity index (χ4v) is 3.38. The number of hydrogen-bond donors (Lipinski definition) is 1. The third kappa shape index (κ3) is 3.69. The van der Waals surface area contributed by atoms with Gasteiger partial charge in [0.2, 0.25) is 0 Å². The summed E-state index contributed by atoms with van der Waals surface area (Å²) >= 11 is 0. The van der Waals surface area contributed by atoms with Crippen molar-refractivity contribution in [3.63, 3.8) is 0 Å². The zero-order chi connectivity index (χ0) is 14.0. The second kappa shape index (κ2) is 5.89. The molecular formula is C15H32N2O. The predicted octanol–water partition coefficient (Wildman–Crippen LogP) is 2.64. The Kier molecular flexibility index (Phi) is 5.22. The topological polar surface area (TPSA) is 38.5 Å². The van der Waals surface area contributed by atoms with Gasteiger partial charge in [-0.15, -0.1) is 0 Å². The average Bonchev–Trinajstić information content (AvgIpc) is 2.25. The number of likely N-dealkylation sites (N-methyl/N-ethyl adjacent to an activating group) is 1. The molecular weight excluding hydrogens is 224 g/mol. The van der Waals surface area contributed by atoms with E-state index in [0.29, 0.717) is 6.04 Å². The highest BCUT2D eigenvalue weighted by atomic mass is 16.5. The predicted molar refractivity (Wildman–Crippen MR) is 77.7 cm³/mol. The van der Waals surface area contributed by atoms with Crippen LogP contribution in [0.5, 0.6) is 0 Å². The minimum Gasteiger partial charge on any atom is -0.375 e. The van der Waals surface area contributed by atoms with Crippen LogP contribution < -0.4 is 5.73 Å². The van der Waals surface area contributed by atoms with Gasteiger partial charge in [0, 0.05) is 24.7 Å². The van der Waals surface area contributed by atoms with Gasteiger partial charge in [0.25, 0.3) is 0 Å². The first-order chi connectivity index (χ1) is 8.22. The Bertz CT molecular complexity index is 265. The van der Waals surface area contributed by atoms with E-state index in [1.807, 2.05) is 0 Å². The van der Waals surface area contributed by atoms with Crippen LogP contribution in [-0.4, -0.2) is 42.3 Å². The van der Waals surface area contributed by atoms with Crippen LogP contribution in [0.3, 0.4) is 0 Å². The molecule has 2 atom stereocenters. The van der Waals surface area contributed by atoms with E-state index < -0.39 is 0 Å². The van der Waals surface area contributed by atoms with Gasteiger partial charge in [-0.2, -0.15) is 0 Å². The maximum absolute atomic E-state index is 6.13. The molecule has 0 spiro atoms. The molecule has 1 heterocycles. The molecule has 3 nitrogen and oxygen atoms in total. The molecule has 2 unspecified atom stereocenters. The van der Waals surface area contributed by atoms with E-state index in [4.69, 9.17) is 10.5 Å².